The molecular weight excluding hydrogens is 432 g/mol. The molecule has 3 aromatic carbocycles. The van der Waals surface area contributed by atoms with Gasteiger partial charge in [0.2, 0.25) is 0 Å². The van der Waals surface area contributed by atoms with Crippen molar-refractivity contribution in [2.75, 3.05) is 17.1 Å². The van der Waals surface area contributed by atoms with E-state index in [1.54, 1.807) is 61.9 Å². The summed E-state index contributed by atoms with van der Waals surface area (Å²) in [4.78, 5) is 0.176. The fraction of sp³-hybridized carbons (Fsp3) is 0.0909. The summed E-state index contributed by atoms with van der Waals surface area (Å²) in [5.41, 5.74) is 4.99. The molecule has 160 valence electrons. The molecule has 0 unspecified atom stereocenters. The number of methoxy groups -OCH3 is 1. The molecule has 3 N–H and O–H groups in total. The molecule has 0 heterocycles. The van der Waals surface area contributed by atoms with E-state index in [0.29, 0.717) is 23.0 Å². The van der Waals surface area contributed by atoms with Gasteiger partial charge in [-0.25, -0.2) is 8.42 Å². The third kappa shape index (κ3) is 6.80. The first-order chi connectivity index (χ1) is 15.0. The second kappa shape index (κ2) is 10.6. The standard InChI is InChI=1S/C22H22N4O3S2/c1-29-20-11-9-19(10-12-20)26-31(27,28)21-13-7-17(8-14-21)15-16-23-25-22(30)24-18-5-3-2-4-6-18/h2-14,16,26H,15H2,1H3,(H2,24,25,30). The van der Waals surface area contributed by atoms with Crippen LogP contribution in [0.15, 0.2) is 88.9 Å². The number of para-hydroxylation sites is 1. The second-order valence-electron chi connectivity index (χ2n) is 6.43. The van der Waals surface area contributed by atoms with Gasteiger partial charge in [-0.2, -0.15) is 5.10 Å². The summed E-state index contributed by atoms with van der Waals surface area (Å²) < 4.78 is 32.7. The number of nitrogens with zero attached hydrogens (tertiary/aromatic N) is 1. The van der Waals surface area contributed by atoms with Crippen molar-refractivity contribution < 1.29 is 13.2 Å². The van der Waals surface area contributed by atoms with E-state index in [2.05, 4.69) is 20.6 Å². The zero-order chi connectivity index (χ0) is 22.1. The minimum Gasteiger partial charge on any atom is -0.497 e. The van der Waals surface area contributed by atoms with Gasteiger partial charge in [-0.15, -0.1) is 0 Å². The van der Waals surface area contributed by atoms with E-state index in [1.165, 1.54) is 0 Å². The third-order valence-electron chi connectivity index (χ3n) is 4.19. The highest BCUT2D eigenvalue weighted by Gasteiger charge is 2.14. The lowest BCUT2D eigenvalue weighted by Gasteiger charge is -2.09. The average molecular weight is 455 g/mol. The Morgan fingerprint density at radius 1 is 0.968 bits per heavy atom. The van der Waals surface area contributed by atoms with Gasteiger partial charge < -0.3 is 10.1 Å². The van der Waals surface area contributed by atoms with Crippen LogP contribution >= 0.6 is 12.2 Å². The van der Waals surface area contributed by atoms with Gasteiger partial charge in [0.15, 0.2) is 5.11 Å². The van der Waals surface area contributed by atoms with Crippen LogP contribution in [0.2, 0.25) is 0 Å². The maximum Gasteiger partial charge on any atom is 0.261 e. The van der Waals surface area contributed by atoms with Crippen LogP contribution in [-0.2, 0) is 16.4 Å². The van der Waals surface area contributed by atoms with Gasteiger partial charge in [0.1, 0.15) is 5.75 Å². The van der Waals surface area contributed by atoms with Crippen molar-refractivity contribution in [2.24, 2.45) is 5.10 Å². The smallest absolute Gasteiger partial charge is 0.261 e. The molecule has 0 aliphatic heterocycles. The van der Waals surface area contributed by atoms with Crippen LogP contribution < -0.4 is 20.2 Å². The van der Waals surface area contributed by atoms with E-state index in [4.69, 9.17) is 17.0 Å². The lowest BCUT2D eigenvalue weighted by molar-refractivity contribution is 0.415. The van der Waals surface area contributed by atoms with Crippen LogP contribution in [0.4, 0.5) is 11.4 Å². The van der Waals surface area contributed by atoms with Crippen LogP contribution in [0, 0.1) is 0 Å². The molecule has 0 bridgehead atoms. The van der Waals surface area contributed by atoms with Gasteiger partial charge in [-0.1, -0.05) is 30.3 Å². The summed E-state index contributed by atoms with van der Waals surface area (Å²) in [5, 5.41) is 7.48. The molecule has 31 heavy (non-hydrogen) atoms. The summed E-state index contributed by atoms with van der Waals surface area (Å²) in [6.07, 6.45) is 2.19. The van der Waals surface area contributed by atoms with E-state index in [9.17, 15) is 8.42 Å². The quantitative estimate of drug-likeness (QED) is 0.271. The van der Waals surface area contributed by atoms with Crippen LogP contribution in [0.1, 0.15) is 5.56 Å². The van der Waals surface area contributed by atoms with Crippen molar-refractivity contribution in [3.63, 3.8) is 0 Å². The predicted molar refractivity (Wildman–Crippen MR) is 128 cm³/mol. The van der Waals surface area contributed by atoms with Crippen molar-refractivity contribution in [3.05, 3.63) is 84.4 Å². The van der Waals surface area contributed by atoms with Gasteiger partial charge in [0.05, 0.1) is 12.0 Å². The predicted octanol–water partition coefficient (Wildman–Crippen LogP) is 4.01. The Bertz CT molecular complexity index is 1130. The highest BCUT2D eigenvalue weighted by atomic mass is 32.2. The van der Waals surface area contributed by atoms with Gasteiger partial charge in [0, 0.05) is 24.0 Å². The Morgan fingerprint density at radius 3 is 2.29 bits per heavy atom. The lowest BCUT2D eigenvalue weighted by atomic mass is 10.2. The summed E-state index contributed by atoms with van der Waals surface area (Å²) in [5.74, 6) is 0.653. The number of nitrogens with one attached hydrogen (secondary N) is 3. The van der Waals surface area contributed by atoms with Crippen molar-refractivity contribution in [2.45, 2.75) is 11.3 Å². The van der Waals surface area contributed by atoms with Crippen LogP contribution in [0.5, 0.6) is 5.75 Å². The monoisotopic (exact) mass is 454 g/mol. The van der Waals surface area contributed by atoms with Crippen molar-refractivity contribution in [1.29, 1.82) is 0 Å². The number of hydrazone groups is 1. The molecule has 3 rings (SSSR count). The zero-order valence-corrected chi connectivity index (χ0v) is 18.4. The molecule has 0 saturated carbocycles. The van der Waals surface area contributed by atoms with E-state index in [-0.39, 0.29) is 4.90 Å². The zero-order valence-electron chi connectivity index (χ0n) is 16.8. The molecule has 0 radical (unpaired) electrons. The summed E-state index contributed by atoms with van der Waals surface area (Å²) in [6, 6.07) is 22.8. The Balaban J connectivity index is 1.51. The Kier molecular flexibility index (Phi) is 7.58. The third-order valence-corrected chi connectivity index (χ3v) is 5.78. The van der Waals surface area contributed by atoms with E-state index in [0.717, 1.165) is 11.3 Å². The first kappa shape index (κ1) is 22.3. The van der Waals surface area contributed by atoms with Gasteiger partial charge in [-0.05, 0) is 66.3 Å². The molecule has 0 aliphatic carbocycles. The maximum absolute atomic E-state index is 12.6. The number of hydrogen-bond donors (Lipinski definition) is 3. The molecule has 0 aromatic heterocycles. The SMILES string of the molecule is COc1ccc(NS(=O)(=O)c2ccc(CC=NNC(=S)Nc3ccccc3)cc2)cc1. The summed E-state index contributed by atoms with van der Waals surface area (Å²) in [6.45, 7) is 0. The van der Waals surface area contributed by atoms with E-state index >= 15 is 0 Å². The minimum atomic E-state index is -3.68. The molecule has 9 heteroatoms. The first-order valence-corrected chi connectivity index (χ1v) is 11.2. The minimum absolute atomic E-state index is 0.176. The fourth-order valence-corrected chi connectivity index (χ4v) is 3.84. The molecule has 3 aromatic rings. The van der Waals surface area contributed by atoms with Gasteiger partial charge in [-0.3, -0.25) is 10.1 Å². The maximum atomic E-state index is 12.6. The van der Waals surface area contributed by atoms with Crippen LogP contribution in [0.3, 0.4) is 0 Å². The number of sulfonamides is 1. The van der Waals surface area contributed by atoms with Gasteiger partial charge in [0.25, 0.3) is 10.0 Å². The topological polar surface area (TPSA) is 91.8 Å². The summed E-state index contributed by atoms with van der Waals surface area (Å²) >= 11 is 5.18. The van der Waals surface area contributed by atoms with Crippen molar-refractivity contribution >= 4 is 44.9 Å². The Hall–Kier alpha value is -3.43. The number of thiocarbonyl (C=S) groups is 1. The lowest BCUT2D eigenvalue weighted by Crippen LogP contribution is -2.23. The Morgan fingerprint density at radius 2 is 1.65 bits per heavy atom. The second-order valence-corrected chi connectivity index (χ2v) is 8.52. The van der Waals surface area contributed by atoms with Crippen molar-refractivity contribution in [3.8, 4) is 5.75 Å². The fourth-order valence-electron chi connectivity index (χ4n) is 2.61. The molecule has 0 aliphatic rings. The number of ether oxygens (including phenoxy) is 1. The highest BCUT2D eigenvalue weighted by Crippen LogP contribution is 2.19. The number of anilines is 2. The molecule has 0 fully saturated rings. The molecule has 7 nitrogen and oxygen atoms in total. The first-order valence-electron chi connectivity index (χ1n) is 9.36. The molecule has 0 atom stereocenters. The van der Waals surface area contributed by atoms with E-state index in [1.807, 2.05) is 30.3 Å². The number of hydrogen-bond acceptors (Lipinski definition) is 5. The molecule has 0 spiro atoms. The molecular formula is C22H22N4O3S2. The number of rotatable bonds is 8. The normalized spacial score (nSPS) is 11.1. The van der Waals surface area contributed by atoms with E-state index < -0.39 is 10.0 Å². The highest BCUT2D eigenvalue weighted by molar-refractivity contribution is 7.92. The average Bonchev–Trinajstić information content (AvgIpc) is 2.78. The number of benzene rings is 3. The van der Waals surface area contributed by atoms with Gasteiger partial charge >= 0.3 is 0 Å². The molecule has 0 saturated heterocycles. The summed E-state index contributed by atoms with van der Waals surface area (Å²) in [7, 11) is -2.13. The van der Waals surface area contributed by atoms with Crippen LogP contribution in [0.25, 0.3) is 0 Å². The van der Waals surface area contributed by atoms with Crippen molar-refractivity contribution in [1.82, 2.24) is 5.43 Å². The largest absolute Gasteiger partial charge is 0.497 e. The molecule has 0 amide bonds. The Labute approximate surface area is 187 Å². The van der Waals surface area contributed by atoms with Crippen LogP contribution in [-0.4, -0.2) is 26.9 Å².